The van der Waals surface area contributed by atoms with Gasteiger partial charge < -0.3 is 10.6 Å². The molecule has 3 aromatic rings. The second-order valence-corrected chi connectivity index (χ2v) is 5.97. The van der Waals surface area contributed by atoms with E-state index in [1.165, 1.54) is 0 Å². The summed E-state index contributed by atoms with van der Waals surface area (Å²) in [6.07, 6.45) is 5.23. The van der Waals surface area contributed by atoms with Gasteiger partial charge in [0.1, 0.15) is 23.8 Å². The fraction of sp³-hybridized carbons (Fsp3) is 0.222. The monoisotopic (exact) mass is 336 g/mol. The van der Waals surface area contributed by atoms with Crippen molar-refractivity contribution in [1.82, 2.24) is 19.5 Å². The van der Waals surface area contributed by atoms with Gasteiger partial charge in [-0.1, -0.05) is 13.8 Å². The maximum Gasteiger partial charge on any atom is 0.226 e. The number of rotatable bonds is 5. The summed E-state index contributed by atoms with van der Waals surface area (Å²) < 4.78 is 1.82. The molecular weight excluding hydrogens is 316 g/mol. The Labute approximate surface area is 146 Å². The van der Waals surface area contributed by atoms with Crippen LogP contribution in [0.2, 0.25) is 0 Å². The molecule has 0 saturated heterocycles. The number of aryl methyl sites for hydroxylation is 1. The number of carbonyl (C=O) groups is 1. The van der Waals surface area contributed by atoms with Crippen molar-refractivity contribution >= 4 is 23.1 Å². The van der Waals surface area contributed by atoms with Crippen LogP contribution in [0, 0.1) is 12.8 Å². The van der Waals surface area contributed by atoms with Crippen molar-refractivity contribution in [3.63, 3.8) is 0 Å². The lowest BCUT2D eigenvalue weighted by molar-refractivity contribution is -0.118. The first-order valence-electron chi connectivity index (χ1n) is 8.03. The molecule has 7 nitrogen and oxygen atoms in total. The Morgan fingerprint density at radius 3 is 2.48 bits per heavy atom. The topological polar surface area (TPSA) is 84.7 Å². The first-order chi connectivity index (χ1) is 12.0. The zero-order valence-corrected chi connectivity index (χ0v) is 14.4. The zero-order valence-electron chi connectivity index (χ0n) is 14.4. The van der Waals surface area contributed by atoms with E-state index < -0.39 is 0 Å². The van der Waals surface area contributed by atoms with Crippen LogP contribution in [-0.2, 0) is 4.79 Å². The van der Waals surface area contributed by atoms with Crippen molar-refractivity contribution in [3.05, 3.63) is 54.9 Å². The van der Waals surface area contributed by atoms with E-state index in [4.69, 9.17) is 0 Å². The fourth-order valence-electron chi connectivity index (χ4n) is 2.21. The van der Waals surface area contributed by atoms with Crippen molar-refractivity contribution < 1.29 is 4.79 Å². The molecule has 2 N–H and O–H groups in total. The predicted octanol–water partition coefficient (Wildman–Crippen LogP) is 3.31. The van der Waals surface area contributed by atoms with Crippen LogP contribution in [0.5, 0.6) is 0 Å². The van der Waals surface area contributed by atoms with Crippen molar-refractivity contribution in [2.45, 2.75) is 20.8 Å². The van der Waals surface area contributed by atoms with Crippen LogP contribution in [-0.4, -0.2) is 25.4 Å². The average molecular weight is 336 g/mol. The third-order valence-electron chi connectivity index (χ3n) is 3.54. The Balaban J connectivity index is 1.75. The summed E-state index contributed by atoms with van der Waals surface area (Å²) in [4.78, 5) is 24.6. The van der Waals surface area contributed by atoms with Gasteiger partial charge in [0.05, 0.1) is 0 Å². The van der Waals surface area contributed by atoms with Gasteiger partial charge in [0.15, 0.2) is 0 Å². The van der Waals surface area contributed by atoms with E-state index in [1.807, 2.05) is 61.9 Å². The first-order valence-corrected chi connectivity index (χ1v) is 8.03. The summed E-state index contributed by atoms with van der Waals surface area (Å²) >= 11 is 0. The first kappa shape index (κ1) is 16.6. The quantitative estimate of drug-likeness (QED) is 0.747. The molecule has 1 aromatic carbocycles. The summed E-state index contributed by atoms with van der Waals surface area (Å²) in [5.74, 6) is 2.04. The minimum atomic E-state index is -0.0524. The Morgan fingerprint density at radius 1 is 1.12 bits per heavy atom. The van der Waals surface area contributed by atoms with E-state index in [9.17, 15) is 4.79 Å². The third-order valence-corrected chi connectivity index (χ3v) is 3.54. The fourth-order valence-corrected chi connectivity index (χ4v) is 2.21. The van der Waals surface area contributed by atoms with Gasteiger partial charge in [-0.2, -0.15) is 0 Å². The van der Waals surface area contributed by atoms with Gasteiger partial charge in [0, 0.05) is 35.8 Å². The van der Waals surface area contributed by atoms with Gasteiger partial charge >= 0.3 is 0 Å². The molecule has 0 saturated carbocycles. The zero-order chi connectivity index (χ0) is 17.8. The number of hydrogen-bond donors (Lipinski definition) is 2. The molecule has 0 bridgehead atoms. The SMILES string of the molecule is Cc1nc(Nc2ccc(NC(=O)C(C)C)cc2)cc(-n2ccnc2)n1. The lowest BCUT2D eigenvalue weighted by Gasteiger charge is -2.11. The molecule has 0 atom stereocenters. The normalized spacial score (nSPS) is 10.7. The van der Waals surface area contributed by atoms with Crippen LogP contribution in [0.15, 0.2) is 49.1 Å². The molecule has 2 heterocycles. The molecule has 7 heteroatoms. The largest absolute Gasteiger partial charge is 0.340 e. The molecule has 0 aliphatic carbocycles. The van der Waals surface area contributed by atoms with Crippen LogP contribution < -0.4 is 10.6 Å². The summed E-state index contributed by atoms with van der Waals surface area (Å²) in [5, 5.41) is 6.12. The second-order valence-electron chi connectivity index (χ2n) is 5.97. The number of aromatic nitrogens is 4. The Kier molecular flexibility index (Phi) is 4.74. The van der Waals surface area contributed by atoms with E-state index >= 15 is 0 Å². The molecule has 0 radical (unpaired) electrons. The van der Waals surface area contributed by atoms with Crippen molar-refractivity contribution in [1.29, 1.82) is 0 Å². The number of carbonyl (C=O) groups excluding carboxylic acids is 1. The number of hydrogen-bond acceptors (Lipinski definition) is 5. The van der Waals surface area contributed by atoms with Crippen molar-refractivity contribution in [3.8, 4) is 5.82 Å². The number of benzene rings is 1. The van der Waals surface area contributed by atoms with Crippen LogP contribution in [0.1, 0.15) is 19.7 Å². The van der Waals surface area contributed by atoms with Crippen LogP contribution in [0.3, 0.4) is 0 Å². The van der Waals surface area contributed by atoms with E-state index in [1.54, 1.807) is 12.5 Å². The van der Waals surface area contributed by atoms with Gasteiger partial charge in [-0.3, -0.25) is 9.36 Å². The maximum atomic E-state index is 11.7. The predicted molar refractivity (Wildman–Crippen MR) is 97.1 cm³/mol. The molecule has 1 amide bonds. The Hall–Kier alpha value is -3.22. The van der Waals surface area contributed by atoms with Crippen molar-refractivity contribution in [2.75, 3.05) is 10.6 Å². The highest BCUT2D eigenvalue weighted by molar-refractivity contribution is 5.92. The summed E-state index contributed by atoms with van der Waals surface area (Å²) in [7, 11) is 0. The molecule has 0 unspecified atom stereocenters. The van der Waals surface area contributed by atoms with E-state index in [2.05, 4.69) is 25.6 Å². The van der Waals surface area contributed by atoms with Gasteiger partial charge in [0.2, 0.25) is 5.91 Å². The highest BCUT2D eigenvalue weighted by Gasteiger charge is 2.07. The lowest BCUT2D eigenvalue weighted by atomic mass is 10.2. The summed E-state index contributed by atoms with van der Waals surface area (Å²) in [6.45, 7) is 5.57. The number of nitrogens with zero attached hydrogens (tertiary/aromatic N) is 4. The van der Waals surface area contributed by atoms with Crippen molar-refractivity contribution in [2.24, 2.45) is 5.92 Å². The average Bonchev–Trinajstić information content (AvgIpc) is 3.10. The summed E-state index contributed by atoms with van der Waals surface area (Å²) in [6, 6.07) is 9.35. The number of imidazole rings is 1. The molecule has 0 spiro atoms. The van der Waals surface area contributed by atoms with Gasteiger partial charge in [-0.15, -0.1) is 0 Å². The number of nitrogens with one attached hydrogen (secondary N) is 2. The van der Waals surface area contributed by atoms with Crippen LogP contribution >= 0.6 is 0 Å². The molecule has 25 heavy (non-hydrogen) atoms. The molecule has 0 fully saturated rings. The number of amides is 1. The molecular formula is C18H20N6O. The van der Waals surface area contributed by atoms with E-state index in [0.717, 1.165) is 17.2 Å². The van der Waals surface area contributed by atoms with E-state index in [-0.39, 0.29) is 11.8 Å². The molecule has 0 aliphatic rings. The number of anilines is 3. The van der Waals surface area contributed by atoms with Gasteiger partial charge in [-0.05, 0) is 31.2 Å². The lowest BCUT2D eigenvalue weighted by Crippen LogP contribution is -2.17. The van der Waals surface area contributed by atoms with Crippen LogP contribution in [0.25, 0.3) is 5.82 Å². The standard InChI is InChI=1S/C18H20N6O/c1-12(2)18(25)23-15-6-4-14(5-7-15)22-16-10-17(21-13(3)20-16)24-9-8-19-11-24/h4-12H,1-3H3,(H,23,25)(H,20,21,22). The Bertz CT molecular complexity index is 856. The van der Waals surface area contributed by atoms with Gasteiger partial charge in [0.25, 0.3) is 0 Å². The maximum absolute atomic E-state index is 11.7. The smallest absolute Gasteiger partial charge is 0.226 e. The molecule has 128 valence electrons. The second kappa shape index (κ2) is 7.12. The van der Waals surface area contributed by atoms with E-state index in [0.29, 0.717) is 11.6 Å². The highest BCUT2D eigenvalue weighted by Crippen LogP contribution is 2.19. The molecule has 3 rings (SSSR count). The minimum Gasteiger partial charge on any atom is -0.340 e. The Morgan fingerprint density at radius 2 is 1.84 bits per heavy atom. The van der Waals surface area contributed by atoms with Crippen LogP contribution in [0.4, 0.5) is 17.2 Å². The summed E-state index contributed by atoms with van der Waals surface area (Å²) in [5.41, 5.74) is 1.64. The third kappa shape index (κ3) is 4.20. The molecule has 0 aliphatic heterocycles. The van der Waals surface area contributed by atoms with Gasteiger partial charge in [-0.25, -0.2) is 15.0 Å². The molecule has 2 aromatic heterocycles. The highest BCUT2D eigenvalue weighted by atomic mass is 16.1. The minimum absolute atomic E-state index is 0.00268.